The molecule has 0 spiro atoms. The summed E-state index contributed by atoms with van der Waals surface area (Å²) in [6.45, 7) is 0.562. The fourth-order valence-electron chi connectivity index (χ4n) is 6.58. The lowest BCUT2D eigenvalue weighted by molar-refractivity contribution is -0.151. The number of nitrogens with zero attached hydrogens (tertiary/aromatic N) is 5. The minimum atomic E-state index is -1.33. The first kappa shape index (κ1) is 31.0. The number of aliphatic hydroxyl groups excluding tert-OH is 2. The normalized spacial score (nSPS) is 31.1. The molecule has 0 radical (unpaired) electrons. The van der Waals surface area contributed by atoms with Gasteiger partial charge in [0.15, 0.2) is 6.61 Å². The van der Waals surface area contributed by atoms with E-state index in [-0.39, 0.29) is 57.1 Å². The lowest BCUT2D eigenvalue weighted by atomic mass is 10.0. The average molecular weight is 626 g/mol. The SMILES string of the molecule is Cn1ccnc1CN1C[C@@H]2C[C@H]1C(=O)N1CCN(C(=O)COc3ccccc3)[C@@H](C1)C(=O)NC[C@H]1O[C@@H](CC(=O)N2)[C@H](O)[C@@H]1O. The molecule has 1 aromatic heterocycles. The monoisotopic (exact) mass is 625 g/mol. The van der Waals surface area contributed by atoms with Gasteiger partial charge in [-0.15, -0.1) is 0 Å². The first-order valence-corrected chi connectivity index (χ1v) is 15.2. The highest BCUT2D eigenvalue weighted by Gasteiger charge is 2.47. The number of amides is 4. The van der Waals surface area contributed by atoms with Crippen molar-refractivity contribution in [1.82, 2.24) is 34.9 Å². The van der Waals surface area contributed by atoms with Crippen LogP contribution in [0, 0.1) is 0 Å². The molecule has 0 saturated carbocycles. The van der Waals surface area contributed by atoms with Gasteiger partial charge in [-0.1, -0.05) is 18.2 Å². The van der Waals surface area contributed by atoms with E-state index in [4.69, 9.17) is 9.47 Å². The Bertz CT molecular complexity index is 1410. The van der Waals surface area contributed by atoms with E-state index in [2.05, 4.69) is 15.6 Å². The van der Waals surface area contributed by atoms with Crippen molar-refractivity contribution in [3.05, 3.63) is 48.5 Å². The third-order valence-corrected chi connectivity index (χ3v) is 9.07. The Balaban J connectivity index is 1.25. The van der Waals surface area contributed by atoms with Crippen LogP contribution >= 0.6 is 0 Å². The van der Waals surface area contributed by atoms with Crippen LogP contribution < -0.4 is 15.4 Å². The summed E-state index contributed by atoms with van der Waals surface area (Å²) in [5.74, 6) is -0.255. The number of piperazine rings is 1. The number of ether oxygens (including phenoxy) is 2. The molecule has 242 valence electrons. The summed E-state index contributed by atoms with van der Waals surface area (Å²) >= 11 is 0. The molecule has 4 aliphatic heterocycles. The highest BCUT2D eigenvalue weighted by molar-refractivity contribution is 5.90. The highest BCUT2D eigenvalue weighted by Crippen LogP contribution is 2.27. The van der Waals surface area contributed by atoms with Crippen molar-refractivity contribution in [2.24, 2.45) is 7.05 Å². The third kappa shape index (κ3) is 6.66. The summed E-state index contributed by atoms with van der Waals surface area (Å²) in [6.07, 6.45) is -0.975. The first-order valence-electron chi connectivity index (χ1n) is 15.2. The number of aryl methyl sites for hydroxylation is 1. The second kappa shape index (κ2) is 13.1. The molecule has 15 heteroatoms. The van der Waals surface area contributed by atoms with E-state index in [1.807, 2.05) is 28.8 Å². The van der Waals surface area contributed by atoms with Crippen LogP contribution in [0.2, 0.25) is 0 Å². The van der Waals surface area contributed by atoms with E-state index < -0.39 is 48.3 Å². The molecule has 4 N–H and O–H groups in total. The number of hydrogen-bond acceptors (Lipinski definition) is 10. The molecule has 4 aliphatic rings. The zero-order chi connectivity index (χ0) is 31.7. The van der Waals surface area contributed by atoms with Crippen LogP contribution in [0.3, 0.4) is 0 Å². The minimum Gasteiger partial charge on any atom is -0.484 e. The Morgan fingerprint density at radius 2 is 1.84 bits per heavy atom. The maximum absolute atomic E-state index is 14.1. The number of carbonyl (C=O) groups excluding carboxylic acids is 4. The minimum absolute atomic E-state index is 0.0508. The Morgan fingerprint density at radius 3 is 2.60 bits per heavy atom. The van der Waals surface area contributed by atoms with E-state index in [0.717, 1.165) is 5.82 Å². The molecule has 6 bridgehead atoms. The molecule has 4 amide bonds. The number of aliphatic hydroxyl groups is 2. The fraction of sp³-hybridized carbons (Fsp3) is 0.567. The van der Waals surface area contributed by atoms with Crippen molar-refractivity contribution in [3.63, 3.8) is 0 Å². The van der Waals surface area contributed by atoms with Gasteiger partial charge in [-0.25, -0.2) is 4.98 Å². The van der Waals surface area contributed by atoms with Gasteiger partial charge in [0, 0.05) is 51.7 Å². The standard InChI is InChI=1S/C30H39N7O8/c1-34-8-7-31-24(34)16-36-14-18-11-20(36)30(43)35-9-10-37(26(39)17-44-19-5-3-2-4-6-19)21(15-35)29(42)32-13-23-28(41)27(40)22(45-23)12-25(38)33-18/h2-8,18,20-23,27-28,40-41H,9-17H2,1H3,(H,32,42)(H,33,38)/t18-,20-,21-,22-,23+,27-,28+/m0/s1. The third-order valence-electron chi connectivity index (χ3n) is 9.07. The number of rotatable bonds is 5. The topological polar surface area (TPSA) is 179 Å². The molecular weight excluding hydrogens is 586 g/mol. The van der Waals surface area contributed by atoms with Crippen LogP contribution in [0.5, 0.6) is 5.75 Å². The number of fused-ring (bicyclic) bond motifs is 6. The van der Waals surface area contributed by atoms with E-state index in [9.17, 15) is 29.4 Å². The van der Waals surface area contributed by atoms with Gasteiger partial charge in [0.1, 0.15) is 35.9 Å². The highest BCUT2D eigenvalue weighted by atomic mass is 16.5. The van der Waals surface area contributed by atoms with Crippen molar-refractivity contribution in [1.29, 1.82) is 0 Å². The molecule has 5 heterocycles. The molecular formula is C30H39N7O8. The van der Waals surface area contributed by atoms with Crippen LogP contribution in [0.25, 0.3) is 0 Å². The van der Waals surface area contributed by atoms with Crippen LogP contribution in [0.1, 0.15) is 18.7 Å². The van der Waals surface area contributed by atoms with E-state index in [0.29, 0.717) is 25.3 Å². The molecule has 15 nitrogen and oxygen atoms in total. The number of imidazole rings is 1. The van der Waals surface area contributed by atoms with E-state index in [1.54, 1.807) is 35.4 Å². The van der Waals surface area contributed by atoms with Crippen LogP contribution in [0.4, 0.5) is 0 Å². The number of nitrogens with one attached hydrogen (secondary N) is 2. The Hall–Kier alpha value is -4.05. The average Bonchev–Trinajstić information content (AvgIpc) is 3.71. The Kier molecular flexibility index (Phi) is 9.03. The zero-order valence-corrected chi connectivity index (χ0v) is 25.0. The quantitative estimate of drug-likeness (QED) is 0.280. The molecule has 4 fully saturated rings. The predicted octanol–water partition coefficient (Wildman–Crippen LogP) is -2.39. The second-order valence-corrected chi connectivity index (χ2v) is 12.0. The summed E-state index contributed by atoms with van der Waals surface area (Å²) in [6, 6.07) is 6.87. The fourth-order valence-corrected chi connectivity index (χ4v) is 6.58. The number of likely N-dealkylation sites (tertiary alicyclic amines) is 1. The molecule has 6 rings (SSSR count). The van der Waals surface area contributed by atoms with Gasteiger partial charge in [-0.2, -0.15) is 0 Å². The summed E-state index contributed by atoms with van der Waals surface area (Å²) in [5, 5.41) is 26.9. The summed E-state index contributed by atoms with van der Waals surface area (Å²) in [4.78, 5) is 63.5. The van der Waals surface area contributed by atoms with Crippen LogP contribution in [0.15, 0.2) is 42.7 Å². The van der Waals surface area contributed by atoms with Crippen LogP contribution in [-0.2, 0) is 37.5 Å². The first-order chi connectivity index (χ1) is 21.7. The molecule has 0 aliphatic carbocycles. The molecule has 0 unspecified atom stereocenters. The van der Waals surface area contributed by atoms with E-state index >= 15 is 0 Å². The van der Waals surface area contributed by atoms with Gasteiger partial charge < -0.3 is 44.7 Å². The Labute approximate surface area is 260 Å². The second-order valence-electron chi connectivity index (χ2n) is 12.0. The lowest BCUT2D eigenvalue weighted by Crippen LogP contribution is -2.64. The number of benzene rings is 1. The molecule has 4 saturated heterocycles. The molecule has 2 aromatic rings. The van der Waals surface area contributed by atoms with E-state index in [1.165, 1.54) is 4.90 Å². The molecule has 45 heavy (non-hydrogen) atoms. The van der Waals surface area contributed by atoms with Gasteiger partial charge in [0.25, 0.3) is 5.91 Å². The van der Waals surface area contributed by atoms with Gasteiger partial charge in [-0.3, -0.25) is 24.1 Å². The smallest absolute Gasteiger partial charge is 0.261 e. The Morgan fingerprint density at radius 1 is 1.07 bits per heavy atom. The maximum atomic E-state index is 14.1. The van der Waals surface area contributed by atoms with Gasteiger partial charge in [-0.05, 0) is 18.6 Å². The van der Waals surface area contributed by atoms with Gasteiger partial charge >= 0.3 is 0 Å². The summed E-state index contributed by atoms with van der Waals surface area (Å²) < 4.78 is 13.3. The summed E-state index contributed by atoms with van der Waals surface area (Å²) in [5.41, 5.74) is 0. The van der Waals surface area contributed by atoms with Gasteiger partial charge in [0.05, 0.1) is 31.7 Å². The van der Waals surface area contributed by atoms with Crippen molar-refractivity contribution >= 4 is 23.6 Å². The predicted molar refractivity (Wildman–Crippen MR) is 156 cm³/mol. The van der Waals surface area contributed by atoms with Crippen molar-refractivity contribution in [2.75, 3.05) is 39.3 Å². The number of para-hydroxylation sites is 1. The maximum Gasteiger partial charge on any atom is 0.261 e. The molecule has 7 atom stereocenters. The van der Waals surface area contributed by atoms with Crippen molar-refractivity contribution < 1.29 is 38.9 Å². The zero-order valence-electron chi connectivity index (χ0n) is 25.0. The van der Waals surface area contributed by atoms with Gasteiger partial charge in [0.2, 0.25) is 17.7 Å². The molecule has 1 aromatic carbocycles. The van der Waals surface area contributed by atoms with Crippen LogP contribution in [-0.4, -0.2) is 140 Å². The number of carbonyl (C=O) groups is 4. The largest absolute Gasteiger partial charge is 0.484 e. The summed E-state index contributed by atoms with van der Waals surface area (Å²) in [7, 11) is 1.87. The number of hydrogen-bond donors (Lipinski definition) is 4. The van der Waals surface area contributed by atoms with Crippen molar-refractivity contribution in [3.8, 4) is 5.75 Å². The number of aromatic nitrogens is 2. The van der Waals surface area contributed by atoms with Crippen molar-refractivity contribution in [2.45, 2.75) is 61.9 Å². The lowest BCUT2D eigenvalue weighted by Gasteiger charge is -2.42.